The molecule has 7 unspecified atom stereocenters. The van der Waals surface area contributed by atoms with E-state index in [2.05, 4.69) is 10.3 Å². The molecule has 0 spiro atoms. The molecule has 194 valence electrons. The predicted molar refractivity (Wildman–Crippen MR) is 141 cm³/mol. The molecule has 2 saturated carbocycles. The molecule has 4 aliphatic rings. The van der Waals surface area contributed by atoms with E-state index in [0.29, 0.717) is 5.69 Å². The molecule has 7 nitrogen and oxygen atoms in total. The number of likely N-dealkylation sites (tertiary alicyclic amines) is 1. The van der Waals surface area contributed by atoms with Crippen molar-refractivity contribution in [3.05, 3.63) is 80.5 Å². The molecule has 38 heavy (non-hydrogen) atoms. The summed E-state index contributed by atoms with van der Waals surface area (Å²) >= 11 is 2.80. The maximum absolute atomic E-state index is 13.8. The van der Waals surface area contributed by atoms with Crippen molar-refractivity contribution in [1.29, 1.82) is 0 Å². The van der Waals surface area contributed by atoms with Crippen LogP contribution in [0.3, 0.4) is 0 Å². The summed E-state index contributed by atoms with van der Waals surface area (Å²) in [7, 11) is 0. The molecular formula is C28H24FN3O4S2. The number of benzene rings is 2. The van der Waals surface area contributed by atoms with Crippen LogP contribution in [0.5, 0.6) is 0 Å². The van der Waals surface area contributed by atoms with Crippen LogP contribution in [0.2, 0.25) is 0 Å². The minimum atomic E-state index is -0.410. The molecule has 2 aromatic carbocycles. The highest BCUT2D eigenvalue weighted by molar-refractivity contribution is 8.00. The van der Waals surface area contributed by atoms with Crippen molar-refractivity contribution in [1.82, 2.24) is 9.88 Å². The first-order valence-electron chi connectivity index (χ1n) is 12.8. The lowest BCUT2D eigenvalue weighted by Gasteiger charge is -2.43. The summed E-state index contributed by atoms with van der Waals surface area (Å²) < 4.78 is 13.8. The van der Waals surface area contributed by atoms with Crippen molar-refractivity contribution in [3.8, 4) is 0 Å². The first-order valence-corrected chi connectivity index (χ1v) is 14.5. The number of nitrogens with one attached hydrogen (secondary N) is 2. The number of carbonyl (C=O) groups is 3. The third kappa shape index (κ3) is 3.60. The van der Waals surface area contributed by atoms with Gasteiger partial charge in [-0.05, 0) is 54.0 Å². The summed E-state index contributed by atoms with van der Waals surface area (Å²) in [6, 6.07) is 15.5. The van der Waals surface area contributed by atoms with Crippen molar-refractivity contribution in [2.75, 3.05) is 11.9 Å². The van der Waals surface area contributed by atoms with E-state index in [9.17, 15) is 23.6 Å². The summed E-state index contributed by atoms with van der Waals surface area (Å²) in [6.07, 6.45) is 0.827. The molecule has 3 fully saturated rings. The molecule has 2 bridgehead atoms. The fourth-order valence-electron chi connectivity index (χ4n) is 7.30. The van der Waals surface area contributed by atoms with Gasteiger partial charge in [0, 0.05) is 34.7 Å². The zero-order valence-electron chi connectivity index (χ0n) is 20.1. The minimum Gasteiger partial charge on any atom is -0.326 e. The van der Waals surface area contributed by atoms with E-state index in [1.165, 1.54) is 28.4 Å². The summed E-state index contributed by atoms with van der Waals surface area (Å²) in [5.74, 6) is -1.80. The van der Waals surface area contributed by atoms with E-state index >= 15 is 0 Å². The zero-order valence-corrected chi connectivity index (χ0v) is 21.8. The fraction of sp³-hybridized carbons (Fsp3) is 0.357. The van der Waals surface area contributed by atoms with Gasteiger partial charge in [0.25, 0.3) is 0 Å². The molecule has 1 aromatic heterocycles. The van der Waals surface area contributed by atoms with Crippen LogP contribution in [-0.4, -0.2) is 39.4 Å². The van der Waals surface area contributed by atoms with E-state index in [0.717, 1.165) is 21.9 Å². The molecule has 7 rings (SSSR count). The third-order valence-corrected chi connectivity index (χ3v) is 11.3. The number of hydrogen-bond donors (Lipinski definition) is 2. The van der Waals surface area contributed by atoms with Gasteiger partial charge in [-0.15, -0.1) is 11.8 Å². The van der Waals surface area contributed by atoms with Crippen LogP contribution >= 0.6 is 23.1 Å². The second-order valence-electron chi connectivity index (χ2n) is 10.5. The second-order valence-corrected chi connectivity index (χ2v) is 12.7. The Bertz CT molecular complexity index is 1500. The lowest BCUT2D eigenvalue weighted by atomic mass is 9.68. The first-order chi connectivity index (χ1) is 18.4. The number of halogens is 1. The molecule has 2 aliphatic heterocycles. The highest BCUT2D eigenvalue weighted by atomic mass is 32.2. The lowest BCUT2D eigenvalue weighted by Crippen LogP contribution is -2.42. The van der Waals surface area contributed by atoms with E-state index in [1.54, 1.807) is 36.0 Å². The van der Waals surface area contributed by atoms with Gasteiger partial charge in [0.2, 0.25) is 17.7 Å². The molecule has 7 atom stereocenters. The molecule has 3 heterocycles. The molecule has 2 N–H and O–H groups in total. The largest absolute Gasteiger partial charge is 0.326 e. The van der Waals surface area contributed by atoms with Gasteiger partial charge in [-0.25, -0.2) is 4.39 Å². The zero-order chi connectivity index (χ0) is 26.1. The van der Waals surface area contributed by atoms with Gasteiger partial charge < -0.3 is 10.3 Å². The maximum atomic E-state index is 13.8. The summed E-state index contributed by atoms with van der Waals surface area (Å²) in [4.78, 5) is 57.1. The standard InChI is InChI=1S/C28H24FN3O4S2/c29-14-8-6-13(7-9-14)19-20-16-12-17(23(20)37-25-24(19)38-28(36)31-25)22-21(16)26(34)32(27(22)35)11-10-18(33)30-15-4-2-1-3-5-15/h1-9,16-17,19-23H,10-12H2,(H,30,33)(H,31,36). The maximum Gasteiger partial charge on any atom is 0.305 e. The third-order valence-electron chi connectivity index (χ3n) is 8.66. The van der Waals surface area contributed by atoms with Crippen LogP contribution in [0.25, 0.3) is 0 Å². The quantitative estimate of drug-likeness (QED) is 0.468. The number of thioether (sulfide) groups is 1. The number of carbonyl (C=O) groups excluding carboxylic acids is 3. The van der Waals surface area contributed by atoms with E-state index in [-0.39, 0.29) is 76.2 Å². The number of aromatic amines is 1. The Labute approximate surface area is 225 Å². The Hall–Kier alpha value is -3.24. The molecule has 1 saturated heterocycles. The number of thiazole rings is 1. The van der Waals surface area contributed by atoms with Gasteiger partial charge in [-0.1, -0.05) is 41.7 Å². The number of para-hydroxylation sites is 1. The predicted octanol–water partition coefficient (Wildman–Crippen LogP) is 4.08. The van der Waals surface area contributed by atoms with Crippen molar-refractivity contribution in [3.63, 3.8) is 0 Å². The van der Waals surface area contributed by atoms with Crippen molar-refractivity contribution >= 4 is 46.5 Å². The van der Waals surface area contributed by atoms with Crippen molar-refractivity contribution in [2.24, 2.45) is 29.6 Å². The van der Waals surface area contributed by atoms with Crippen LogP contribution in [0, 0.1) is 35.4 Å². The summed E-state index contributed by atoms with van der Waals surface area (Å²) in [5, 5.41) is 3.71. The van der Waals surface area contributed by atoms with Crippen LogP contribution in [0.15, 0.2) is 64.4 Å². The number of aromatic nitrogens is 1. The Morgan fingerprint density at radius 3 is 2.45 bits per heavy atom. The molecule has 2 aliphatic carbocycles. The smallest absolute Gasteiger partial charge is 0.305 e. The number of fused-ring (bicyclic) bond motifs is 9. The number of rotatable bonds is 5. The van der Waals surface area contributed by atoms with Gasteiger partial charge in [0.05, 0.1) is 16.9 Å². The number of anilines is 1. The minimum absolute atomic E-state index is 0.0116. The topological polar surface area (TPSA) is 99.3 Å². The number of amides is 3. The average Bonchev–Trinajstić information content (AvgIpc) is 3.63. The van der Waals surface area contributed by atoms with Gasteiger partial charge in [-0.2, -0.15) is 0 Å². The van der Waals surface area contributed by atoms with Gasteiger partial charge in [0.15, 0.2) is 0 Å². The van der Waals surface area contributed by atoms with Crippen LogP contribution in [0.4, 0.5) is 10.1 Å². The van der Waals surface area contributed by atoms with E-state index in [4.69, 9.17) is 0 Å². The number of H-pyrrole nitrogens is 1. The van der Waals surface area contributed by atoms with E-state index < -0.39 is 5.92 Å². The first kappa shape index (κ1) is 23.8. The van der Waals surface area contributed by atoms with Crippen LogP contribution in [0.1, 0.15) is 29.2 Å². The van der Waals surface area contributed by atoms with Gasteiger partial charge in [-0.3, -0.25) is 24.1 Å². The molecule has 10 heteroatoms. The van der Waals surface area contributed by atoms with Crippen LogP contribution in [-0.2, 0) is 14.4 Å². The monoisotopic (exact) mass is 549 g/mol. The number of imide groups is 1. The van der Waals surface area contributed by atoms with Crippen molar-refractivity contribution in [2.45, 2.75) is 29.0 Å². The van der Waals surface area contributed by atoms with Gasteiger partial charge >= 0.3 is 4.87 Å². The highest BCUT2D eigenvalue weighted by Gasteiger charge is 2.69. The average molecular weight is 550 g/mol. The second kappa shape index (κ2) is 8.91. The SMILES string of the molecule is O=C(CCN1C(=O)C2C3CC(C2C1=O)C1C(c2ccc(F)cc2)c2sc(=O)[nH]c2SC31)Nc1ccccc1. The Kier molecular flexibility index (Phi) is 5.59. The Morgan fingerprint density at radius 2 is 1.71 bits per heavy atom. The number of nitrogens with zero attached hydrogens (tertiary/aromatic N) is 1. The van der Waals surface area contributed by atoms with Crippen molar-refractivity contribution < 1.29 is 18.8 Å². The highest BCUT2D eigenvalue weighted by Crippen LogP contribution is 2.68. The fourth-order valence-corrected chi connectivity index (χ4v) is 10.2. The Balaban J connectivity index is 1.16. The Morgan fingerprint density at radius 1 is 1.00 bits per heavy atom. The van der Waals surface area contributed by atoms with E-state index in [1.807, 2.05) is 18.2 Å². The molecular weight excluding hydrogens is 525 g/mol. The van der Waals surface area contributed by atoms with Crippen LogP contribution < -0.4 is 10.2 Å². The molecule has 3 aromatic rings. The normalized spacial score (nSPS) is 30.8. The number of hydrogen-bond acceptors (Lipinski definition) is 6. The lowest BCUT2D eigenvalue weighted by molar-refractivity contribution is -0.141. The molecule has 0 radical (unpaired) electrons. The summed E-state index contributed by atoms with van der Waals surface area (Å²) in [5.41, 5.74) is 1.60. The molecule has 3 amide bonds. The summed E-state index contributed by atoms with van der Waals surface area (Å²) in [6.45, 7) is 0.0628. The van der Waals surface area contributed by atoms with Gasteiger partial charge in [0.1, 0.15) is 5.82 Å².